The lowest BCUT2D eigenvalue weighted by Crippen LogP contribution is -2.41. The molecule has 0 spiro atoms. The van der Waals surface area contributed by atoms with Crippen molar-refractivity contribution in [2.45, 2.75) is 31.6 Å². The molecule has 3 aromatic carbocycles. The summed E-state index contributed by atoms with van der Waals surface area (Å²) in [6.45, 7) is 2.43. The molecule has 0 aliphatic carbocycles. The number of rotatable bonds is 7. The zero-order valence-electron chi connectivity index (χ0n) is 20.8. The van der Waals surface area contributed by atoms with Gasteiger partial charge in [-0.3, -0.25) is 4.79 Å². The molecule has 4 unspecified atom stereocenters. The highest BCUT2D eigenvalue weighted by atomic mass is 16.5. The van der Waals surface area contributed by atoms with Gasteiger partial charge in [-0.05, 0) is 36.2 Å². The van der Waals surface area contributed by atoms with Gasteiger partial charge in [0.1, 0.15) is 11.8 Å². The first kappa shape index (κ1) is 24.0. The van der Waals surface area contributed by atoms with E-state index in [9.17, 15) is 9.90 Å². The van der Waals surface area contributed by atoms with Gasteiger partial charge in [-0.25, -0.2) is 10.9 Å². The fourth-order valence-corrected chi connectivity index (χ4v) is 5.52. The number of amides is 1. The van der Waals surface area contributed by atoms with E-state index < -0.39 is 6.04 Å². The number of benzene rings is 3. The lowest BCUT2D eigenvalue weighted by Gasteiger charge is -2.32. The van der Waals surface area contributed by atoms with Crippen molar-refractivity contribution in [1.82, 2.24) is 15.8 Å². The summed E-state index contributed by atoms with van der Waals surface area (Å²) in [4.78, 5) is 15.7. The van der Waals surface area contributed by atoms with Crippen LogP contribution in [0.5, 0.6) is 23.0 Å². The Hall–Kier alpha value is -3.75. The molecule has 8 heteroatoms. The molecule has 4 atom stereocenters. The zero-order valence-corrected chi connectivity index (χ0v) is 20.8. The second-order valence-electron chi connectivity index (χ2n) is 9.24. The van der Waals surface area contributed by atoms with Gasteiger partial charge in [0.25, 0.3) is 0 Å². The molecule has 5 rings (SSSR count). The van der Waals surface area contributed by atoms with E-state index in [1.165, 1.54) is 0 Å². The minimum atomic E-state index is -0.470. The summed E-state index contributed by atoms with van der Waals surface area (Å²) in [6, 6.07) is 18.2. The normalized spacial score (nSPS) is 23.0. The summed E-state index contributed by atoms with van der Waals surface area (Å²) in [5.41, 5.74) is 10.2. The minimum Gasteiger partial charge on any atom is -0.508 e. The van der Waals surface area contributed by atoms with E-state index in [1.807, 2.05) is 66.4 Å². The van der Waals surface area contributed by atoms with E-state index in [1.54, 1.807) is 27.4 Å². The number of nitrogens with zero attached hydrogens (tertiary/aromatic N) is 1. The van der Waals surface area contributed by atoms with Crippen molar-refractivity contribution in [3.8, 4) is 23.0 Å². The van der Waals surface area contributed by atoms with E-state index >= 15 is 0 Å². The zero-order chi connectivity index (χ0) is 25.4. The van der Waals surface area contributed by atoms with Crippen LogP contribution >= 0.6 is 0 Å². The van der Waals surface area contributed by atoms with E-state index in [-0.39, 0.29) is 29.7 Å². The van der Waals surface area contributed by atoms with Gasteiger partial charge in [0.15, 0.2) is 11.5 Å². The molecule has 3 aromatic rings. The van der Waals surface area contributed by atoms with E-state index in [2.05, 4.69) is 10.9 Å². The molecular formula is C28H31N3O5. The maximum absolute atomic E-state index is 13.8. The van der Waals surface area contributed by atoms with Crippen molar-refractivity contribution in [2.24, 2.45) is 5.92 Å². The summed E-state index contributed by atoms with van der Waals surface area (Å²) >= 11 is 0. The molecule has 3 N–H and O–H groups in total. The fourth-order valence-electron chi connectivity index (χ4n) is 5.52. The lowest BCUT2D eigenvalue weighted by atomic mass is 9.82. The minimum absolute atomic E-state index is 0.00949. The fraction of sp³-hybridized carbons (Fsp3) is 0.321. The Bertz CT molecular complexity index is 1240. The molecule has 8 nitrogen and oxygen atoms in total. The quantitative estimate of drug-likeness (QED) is 0.467. The number of likely N-dealkylation sites (tertiary alicyclic amines) is 1. The van der Waals surface area contributed by atoms with Crippen molar-refractivity contribution in [3.63, 3.8) is 0 Å². The number of hydrogen-bond acceptors (Lipinski definition) is 7. The summed E-state index contributed by atoms with van der Waals surface area (Å²) < 4.78 is 16.8. The molecule has 2 fully saturated rings. The van der Waals surface area contributed by atoms with Gasteiger partial charge in [0, 0.05) is 18.0 Å². The number of carbonyl (C=O) groups is 1. The number of aromatic hydroxyl groups is 1. The molecule has 0 bridgehead atoms. The molecule has 2 aliphatic heterocycles. The molecule has 0 saturated carbocycles. The largest absolute Gasteiger partial charge is 0.508 e. The van der Waals surface area contributed by atoms with Crippen molar-refractivity contribution in [2.75, 3.05) is 21.3 Å². The highest BCUT2D eigenvalue weighted by molar-refractivity contribution is 5.86. The highest BCUT2D eigenvalue weighted by Crippen LogP contribution is 2.51. The molecular weight excluding hydrogens is 458 g/mol. The molecule has 188 valence electrons. The van der Waals surface area contributed by atoms with Crippen LogP contribution in [0.2, 0.25) is 0 Å². The van der Waals surface area contributed by atoms with Crippen molar-refractivity contribution in [3.05, 3.63) is 82.9 Å². The van der Waals surface area contributed by atoms with Gasteiger partial charge in [0.2, 0.25) is 11.7 Å². The van der Waals surface area contributed by atoms with Crippen LogP contribution in [0.3, 0.4) is 0 Å². The molecule has 2 heterocycles. The van der Waals surface area contributed by atoms with Gasteiger partial charge in [-0.2, -0.15) is 0 Å². The lowest BCUT2D eigenvalue weighted by molar-refractivity contribution is -0.131. The Morgan fingerprint density at radius 1 is 0.889 bits per heavy atom. The first-order chi connectivity index (χ1) is 17.5. The number of nitrogens with one attached hydrogen (secondary N) is 2. The van der Waals surface area contributed by atoms with Crippen LogP contribution in [0.4, 0.5) is 0 Å². The van der Waals surface area contributed by atoms with Crippen molar-refractivity contribution >= 4 is 5.91 Å². The predicted octanol–water partition coefficient (Wildman–Crippen LogP) is 3.64. The Kier molecular flexibility index (Phi) is 6.47. The third kappa shape index (κ3) is 4.02. The SMILES string of the molecule is COc1cc(C2C3C(NNC3c3cc(C)ccc3O)C(=O)N2Cc2ccccc2)cc(OC)c1OC. The number of fused-ring (bicyclic) bond motifs is 1. The van der Waals surface area contributed by atoms with Gasteiger partial charge in [-0.15, -0.1) is 0 Å². The average Bonchev–Trinajstić information content (AvgIpc) is 3.44. The van der Waals surface area contributed by atoms with Crippen LogP contribution in [0.1, 0.15) is 34.3 Å². The van der Waals surface area contributed by atoms with Crippen LogP contribution in [0.15, 0.2) is 60.7 Å². The van der Waals surface area contributed by atoms with Crippen LogP contribution in [-0.4, -0.2) is 43.3 Å². The van der Waals surface area contributed by atoms with Crippen LogP contribution in [0, 0.1) is 12.8 Å². The molecule has 36 heavy (non-hydrogen) atoms. The van der Waals surface area contributed by atoms with Gasteiger partial charge in [0.05, 0.1) is 33.4 Å². The van der Waals surface area contributed by atoms with Crippen molar-refractivity contribution in [1.29, 1.82) is 0 Å². The maximum atomic E-state index is 13.8. The number of methoxy groups -OCH3 is 3. The van der Waals surface area contributed by atoms with Gasteiger partial charge >= 0.3 is 0 Å². The summed E-state index contributed by atoms with van der Waals surface area (Å²) in [7, 11) is 4.73. The Morgan fingerprint density at radius 2 is 1.56 bits per heavy atom. The molecule has 0 aromatic heterocycles. The second-order valence-corrected chi connectivity index (χ2v) is 9.24. The first-order valence-corrected chi connectivity index (χ1v) is 11.9. The first-order valence-electron chi connectivity index (χ1n) is 11.9. The summed E-state index contributed by atoms with van der Waals surface area (Å²) in [5, 5.41) is 10.7. The number of phenolic OH excluding ortho intramolecular Hbond substituents is 1. The number of hydrogen-bond donors (Lipinski definition) is 3. The van der Waals surface area contributed by atoms with Crippen LogP contribution in [-0.2, 0) is 11.3 Å². The topological polar surface area (TPSA) is 92.3 Å². The summed E-state index contributed by atoms with van der Waals surface area (Å²) in [6.07, 6.45) is 0. The van der Waals surface area contributed by atoms with Gasteiger partial charge < -0.3 is 24.2 Å². The second kappa shape index (κ2) is 9.72. The highest BCUT2D eigenvalue weighted by Gasteiger charge is 2.56. The number of ether oxygens (including phenoxy) is 3. The van der Waals surface area contributed by atoms with E-state index in [0.717, 1.165) is 22.3 Å². The third-order valence-corrected chi connectivity index (χ3v) is 7.16. The smallest absolute Gasteiger partial charge is 0.242 e. The summed E-state index contributed by atoms with van der Waals surface area (Å²) in [5.74, 6) is 1.52. The maximum Gasteiger partial charge on any atom is 0.242 e. The number of phenols is 1. The standard InChI is InChI=1S/C28H31N3O5/c1-16-10-11-20(32)19(12-16)24-23-25(30-29-24)28(33)31(15-17-8-6-5-7-9-17)26(23)18-13-21(34-2)27(36-4)22(14-18)35-3/h5-14,23-26,29-30,32H,15H2,1-4H3. The van der Waals surface area contributed by atoms with Crippen molar-refractivity contribution < 1.29 is 24.1 Å². The Labute approximate surface area is 210 Å². The molecule has 2 saturated heterocycles. The van der Waals surface area contributed by atoms with E-state index in [0.29, 0.717) is 23.8 Å². The molecule has 0 radical (unpaired) electrons. The molecule has 1 amide bonds. The Balaban J connectivity index is 1.65. The van der Waals surface area contributed by atoms with Gasteiger partial charge in [-0.1, -0.05) is 48.0 Å². The van der Waals surface area contributed by atoms with Crippen LogP contribution in [0.25, 0.3) is 0 Å². The number of carbonyl (C=O) groups excluding carboxylic acids is 1. The third-order valence-electron chi connectivity index (χ3n) is 7.16. The monoisotopic (exact) mass is 489 g/mol. The number of hydrazine groups is 1. The van der Waals surface area contributed by atoms with E-state index in [4.69, 9.17) is 14.2 Å². The number of aryl methyl sites for hydroxylation is 1. The Morgan fingerprint density at radius 3 is 2.19 bits per heavy atom. The average molecular weight is 490 g/mol. The predicted molar refractivity (Wildman–Crippen MR) is 135 cm³/mol. The molecule has 2 aliphatic rings. The van der Waals surface area contributed by atoms with Crippen LogP contribution < -0.4 is 25.1 Å².